The number of benzene rings is 1. The number of piperidine rings is 1. The molecule has 186 valence electrons. The molecule has 2 aromatic rings. The summed E-state index contributed by atoms with van der Waals surface area (Å²) < 4.78 is 111. The number of carbonyl (C=O) groups excluding carboxylic acids is 1. The summed E-state index contributed by atoms with van der Waals surface area (Å²) in [5.41, 5.74) is -1.42. The average Bonchev–Trinajstić information content (AvgIpc) is 3.07. The highest BCUT2D eigenvalue weighted by atomic mass is 32.2. The van der Waals surface area contributed by atoms with E-state index in [-0.39, 0.29) is 29.8 Å². The molecule has 34 heavy (non-hydrogen) atoms. The zero-order chi connectivity index (χ0) is 25.3. The van der Waals surface area contributed by atoms with E-state index in [4.69, 9.17) is 9.26 Å². The lowest BCUT2D eigenvalue weighted by molar-refractivity contribution is -0.189. The average molecular weight is 513 g/mol. The van der Waals surface area contributed by atoms with Crippen LogP contribution in [0.5, 0.6) is 5.75 Å². The van der Waals surface area contributed by atoms with Gasteiger partial charge in [-0.15, -0.1) is 0 Å². The molecule has 8 nitrogen and oxygen atoms in total. The van der Waals surface area contributed by atoms with Crippen molar-refractivity contribution < 1.29 is 48.8 Å². The molecule has 1 saturated carbocycles. The summed E-state index contributed by atoms with van der Waals surface area (Å²) in [6, 6.07) is 2.90. The highest BCUT2D eigenvalue weighted by Gasteiger charge is 2.66. The fourth-order valence-electron chi connectivity index (χ4n) is 3.95. The van der Waals surface area contributed by atoms with Crippen LogP contribution in [0.4, 0.5) is 26.3 Å². The van der Waals surface area contributed by atoms with Crippen LogP contribution in [0.15, 0.2) is 27.6 Å². The number of nitrogens with zero attached hydrogens (tertiary/aromatic N) is 3. The minimum atomic E-state index is -4.82. The van der Waals surface area contributed by atoms with Crippen molar-refractivity contribution in [3.63, 3.8) is 0 Å². The zero-order valence-corrected chi connectivity index (χ0v) is 18.4. The summed E-state index contributed by atoms with van der Waals surface area (Å²) in [7, 11) is -3.81. The summed E-state index contributed by atoms with van der Waals surface area (Å²) in [6.45, 7) is 0.653. The van der Waals surface area contributed by atoms with Crippen molar-refractivity contribution in [1.29, 1.82) is 0 Å². The summed E-state index contributed by atoms with van der Waals surface area (Å²) in [5, 5.41) is 2.93. The van der Waals surface area contributed by atoms with Crippen LogP contribution in [0.2, 0.25) is 0 Å². The molecule has 3 atom stereocenters. The van der Waals surface area contributed by atoms with E-state index in [1.807, 2.05) is 0 Å². The van der Waals surface area contributed by atoms with Crippen LogP contribution in [-0.4, -0.2) is 61.0 Å². The Morgan fingerprint density at radius 1 is 1.26 bits per heavy atom. The number of alkyl halides is 6. The minimum absolute atomic E-state index is 0.0555. The van der Waals surface area contributed by atoms with Crippen molar-refractivity contribution in [3.05, 3.63) is 35.5 Å². The maximum Gasteiger partial charge on any atom is 0.455 e. The van der Waals surface area contributed by atoms with Crippen molar-refractivity contribution >= 4 is 15.7 Å². The molecular formula is C19H17F6N3O5S. The van der Waals surface area contributed by atoms with Crippen LogP contribution in [0.1, 0.15) is 35.4 Å². The van der Waals surface area contributed by atoms with Gasteiger partial charge in [-0.2, -0.15) is 31.3 Å². The van der Waals surface area contributed by atoms with Gasteiger partial charge in [0.25, 0.3) is 11.7 Å². The molecule has 4 rings (SSSR count). The molecule has 15 heteroatoms. The molecule has 1 amide bonds. The number of carbonyl (C=O) groups is 1. The van der Waals surface area contributed by atoms with E-state index in [0.29, 0.717) is 6.42 Å². The van der Waals surface area contributed by atoms with Gasteiger partial charge in [-0.1, -0.05) is 5.16 Å². The molecule has 2 aliphatic rings. The minimum Gasteiger partial charge on any atom is -0.480 e. The van der Waals surface area contributed by atoms with Crippen molar-refractivity contribution in [2.45, 2.75) is 42.1 Å². The zero-order valence-electron chi connectivity index (χ0n) is 17.6. The van der Waals surface area contributed by atoms with Gasteiger partial charge in [-0.05, 0) is 37.5 Å². The third-order valence-corrected chi connectivity index (χ3v) is 7.02. The van der Waals surface area contributed by atoms with E-state index in [1.54, 1.807) is 0 Å². The van der Waals surface area contributed by atoms with Gasteiger partial charge in [0, 0.05) is 19.3 Å². The first-order chi connectivity index (χ1) is 15.5. The Balaban J connectivity index is 1.63. The number of rotatable bonds is 5. The Labute approximate surface area is 188 Å². The Morgan fingerprint density at radius 2 is 1.94 bits per heavy atom. The lowest BCUT2D eigenvalue weighted by Gasteiger charge is -2.23. The molecule has 0 spiro atoms. The number of halogens is 6. The molecule has 1 aliphatic carbocycles. The first-order valence-electron chi connectivity index (χ1n) is 9.80. The van der Waals surface area contributed by atoms with Gasteiger partial charge >= 0.3 is 12.4 Å². The van der Waals surface area contributed by atoms with Gasteiger partial charge in [0.2, 0.25) is 5.89 Å². The molecule has 0 radical (unpaired) electrons. The normalized spacial score (nSPS) is 23.5. The first kappa shape index (κ1) is 24.3. The van der Waals surface area contributed by atoms with Crippen molar-refractivity contribution in [2.75, 3.05) is 19.3 Å². The highest BCUT2D eigenvalue weighted by Crippen LogP contribution is 2.59. The van der Waals surface area contributed by atoms with Crippen LogP contribution in [0.25, 0.3) is 0 Å². The van der Waals surface area contributed by atoms with Crippen LogP contribution in [0, 0.1) is 5.92 Å². The maximum absolute atomic E-state index is 13.2. The molecule has 2 heterocycles. The van der Waals surface area contributed by atoms with E-state index in [0.717, 1.165) is 31.4 Å². The fourth-order valence-corrected chi connectivity index (χ4v) is 4.59. The summed E-state index contributed by atoms with van der Waals surface area (Å²) in [6.07, 6.45) is -10.6. The van der Waals surface area contributed by atoms with Gasteiger partial charge in [-0.3, -0.25) is 4.79 Å². The van der Waals surface area contributed by atoms with Crippen LogP contribution in [-0.2, 0) is 21.4 Å². The van der Waals surface area contributed by atoms with Gasteiger partial charge in [0.05, 0.1) is 15.9 Å². The summed E-state index contributed by atoms with van der Waals surface area (Å²) >= 11 is 0. The SMILES string of the molecule is CC(Oc1ccc(S(C)(=O)=O)cc1C(=O)N1CC2CC2(c2nc(C(F)(F)F)no2)C1)C(F)(F)F. The first-order valence-corrected chi connectivity index (χ1v) is 11.7. The monoisotopic (exact) mass is 513 g/mol. The van der Waals surface area contributed by atoms with Gasteiger partial charge in [0.15, 0.2) is 15.9 Å². The smallest absolute Gasteiger partial charge is 0.455 e. The van der Waals surface area contributed by atoms with Crippen LogP contribution >= 0.6 is 0 Å². The number of likely N-dealkylation sites (tertiary alicyclic amines) is 1. The Hall–Kier alpha value is -2.84. The summed E-state index contributed by atoms with van der Waals surface area (Å²) in [4.78, 5) is 17.5. The predicted octanol–water partition coefficient (Wildman–Crippen LogP) is 3.24. The highest BCUT2D eigenvalue weighted by molar-refractivity contribution is 7.90. The molecule has 0 N–H and O–H groups in total. The Morgan fingerprint density at radius 3 is 2.50 bits per heavy atom. The van der Waals surface area contributed by atoms with E-state index in [2.05, 4.69) is 10.1 Å². The molecule has 1 aromatic carbocycles. The number of aromatic nitrogens is 2. The van der Waals surface area contributed by atoms with Crippen LogP contribution in [0.3, 0.4) is 0 Å². The largest absolute Gasteiger partial charge is 0.480 e. The molecule has 2 fully saturated rings. The lowest BCUT2D eigenvalue weighted by atomic mass is 10.1. The number of hydrogen-bond donors (Lipinski definition) is 0. The van der Waals surface area contributed by atoms with Gasteiger partial charge < -0.3 is 14.2 Å². The lowest BCUT2D eigenvalue weighted by Crippen LogP contribution is -2.35. The van der Waals surface area contributed by atoms with Crippen LogP contribution < -0.4 is 4.74 Å². The van der Waals surface area contributed by atoms with Gasteiger partial charge in [0.1, 0.15) is 5.75 Å². The molecule has 1 aliphatic heterocycles. The molecule has 3 unspecified atom stereocenters. The maximum atomic E-state index is 13.2. The topological polar surface area (TPSA) is 103 Å². The second-order valence-corrected chi connectivity index (χ2v) is 10.4. The van der Waals surface area contributed by atoms with E-state index in [9.17, 15) is 39.6 Å². The van der Waals surface area contributed by atoms with Crippen molar-refractivity contribution in [1.82, 2.24) is 15.0 Å². The van der Waals surface area contributed by atoms with E-state index in [1.165, 1.54) is 4.90 Å². The number of ether oxygens (including phenoxy) is 1. The number of fused-ring (bicyclic) bond motifs is 1. The molecule has 1 aromatic heterocycles. The van der Waals surface area contributed by atoms with E-state index >= 15 is 0 Å². The van der Waals surface area contributed by atoms with Gasteiger partial charge in [-0.25, -0.2) is 8.42 Å². The van der Waals surface area contributed by atoms with Crippen molar-refractivity contribution in [2.24, 2.45) is 5.92 Å². The third kappa shape index (κ3) is 4.32. The fraction of sp³-hybridized carbons (Fsp3) is 0.526. The Bertz CT molecular complexity index is 1240. The molecular weight excluding hydrogens is 496 g/mol. The summed E-state index contributed by atoms with van der Waals surface area (Å²) in [5.74, 6) is -3.35. The third-order valence-electron chi connectivity index (χ3n) is 5.91. The van der Waals surface area contributed by atoms with E-state index < -0.39 is 56.8 Å². The number of amides is 1. The standard InChI is InChI=1S/C19H17F6N3O5S/c1-9(18(20,21)22)32-13-4-3-11(34(2,30)31)5-12(13)14(29)28-7-10-6-17(10,8-28)16-26-15(27-33-16)19(23,24)25/h3-5,9-10H,6-8H2,1-2H3. The quantitative estimate of drug-likeness (QED) is 0.566. The predicted molar refractivity (Wildman–Crippen MR) is 101 cm³/mol. The van der Waals surface area contributed by atoms with Crippen molar-refractivity contribution in [3.8, 4) is 5.75 Å². The molecule has 1 saturated heterocycles. The number of sulfone groups is 1. The molecule has 0 bridgehead atoms. The second-order valence-electron chi connectivity index (χ2n) is 8.40. The Kier molecular flexibility index (Phi) is 5.42. The number of hydrogen-bond acceptors (Lipinski definition) is 7. The second kappa shape index (κ2) is 7.58.